The first-order chi connectivity index (χ1) is 8.27. The number of rotatable bonds is 2. The molecule has 4 bridgehead atoms. The van der Waals surface area contributed by atoms with Crippen molar-refractivity contribution in [1.82, 2.24) is 9.97 Å². The zero-order valence-corrected chi connectivity index (χ0v) is 10.2. The van der Waals surface area contributed by atoms with E-state index in [0.717, 1.165) is 23.6 Å². The highest BCUT2D eigenvalue weighted by Crippen LogP contribution is 2.60. The topological polar surface area (TPSA) is 48.9 Å². The van der Waals surface area contributed by atoms with E-state index in [2.05, 4.69) is 9.97 Å². The zero-order valence-electron chi connectivity index (χ0n) is 10.2. The zero-order chi connectivity index (χ0) is 11.5. The second-order valence-electron chi connectivity index (χ2n) is 6.60. The lowest BCUT2D eigenvalue weighted by molar-refractivity contribution is -0.00710. The molecular weight excluding hydrogens is 212 g/mol. The van der Waals surface area contributed by atoms with Gasteiger partial charge in [-0.2, -0.15) is 0 Å². The van der Waals surface area contributed by atoms with Crippen LogP contribution in [0.1, 0.15) is 50.0 Å². The van der Waals surface area contributed by atoms with Crippen LogP contribution in [0.4, 0.5) is 0 Å². The quantitative estimate of drug-likeness (QED) is 0.822. The van der Waals surface area contributed by atoms with Crippen LogP contribution < -0.4 is 0 Å². The molecule has 0 saturated heterocycles. The first kappa shape index (κ1) is 10.1. The first-order valence-corrected chi connectivity index (χ1v) is 6.93. The number of aromatic amines is 1. The molecule has 4 saturated carbocycles. The summed E-state index contributed by atoms with van der Waals surface area (Å²) in [6.45, 7) is 0.0341. The largest absolute Gasteiger partial charge is 0.388 e. The summed E-state index contributed by atoms with van der Waals surface area (Å²) in [6, 6.07) is 0. The lowest BCUT2D eigenvalue weighted by Crippen LogP contribution is -2.48. The number of imidazole rings is 1. The summed E-state index contributed by atoms with van der Waals surface area (Å²) in [7, 11) is 0. The van der Waals surface area contributed by atoms with Gasteiger partial charge in [-0.25, -0.2) is 4.98 Å². The Morgan fingerprint density at radius 3 is 2.24 bits per heavy atom. The molecule has 5 rings (SSSR count). The molecule has 0 spiro atoms. The highest BCUT2D eigenvalue weighted by atomic mass is 16.3. The van der Waals surface area contributed by atoms with Gasteiger partial charge in [0.25, 0.3) is 0 Å². The molecule has 92 valence electrons. The summed E-state index contributed by atoms with van der Waals surface area (Å²) in [4.78, 5) is 7.65. The Morgan fingerprint density at radius 1 is 1.18 bits per heavy atom. The summed E-state index contributed by atoms with van der Waals surface area (Å²) in [5.41, 5.74) is 1.69. The molecule has 0 unspecified atom stereocenters. The summed E-state index contributed by atoms with van der Waals surface area (Å²) < 4.78 is 0. The fourth-order valence-electron chi connectivity index (χ4n) is 5.15. The maximum atomic E-state index is 9.14. The number of hydrogen-bond donors (Lipinski definition) is 2. The predicted octanol–water partition coefficient (Wildman–Crippen LogP) is 2.37. The number of aliphatic hydroxyl groups is 1. The molecule has 1 heterocycles. The van der Waals surface area contributed by atoms with Crippen molar-refractivity contribution in [3.05, 3.63) is 17.7 Å². The summed E-state index contributed by atoms with van der Waals surface area (Å²) in [6.07, 6.45) is 10.5. The van der Waals surface area contributed by atoms with Crippen LogP contribution in [0.5, 0.6) is 0 Å². The monoisotopic (exact) mass is 232 g/mol. The van der Waals surface area contributed by atoms with E-state index in [4.69, 9.17) is 5.11 Å². The van der Waals surface area contributed by atoms with Crippen LogP contribution in [-0.2, 0) is 12.0 Å². The Balaban J connectivity index is 1.72. The molecule has 0 aromatic carbocycles. The van der Waals surface area contributed by atoms with Gasteiger partial charge in [0.15, 0.2) is 0 Å². The molecule has 17 heavy (non-hydrogen) atoms. The third-order valence-electron chi connectivity index (χ3n) is 5.39. The second kappa shape index (κ2) is 3.35. The Bertz CT molecular complexity index is 402. The number of nitrogens with zero attached hydrogens (tertiary/aromatic N) is 1. The minimum Gasteiger partial charge on any atom is -0.388 e. The molecule has 0 radical (unpaired) electrons. The second-order valence-corrected chi connectivity index (χ2v) is 6.60. The lowest BCUT2D eigenvalue weighted by Gasteiger charge is -2.56. The van der Waals surface area contributed by atoms with Crippen molar-refractivity contribution >= 4 is 0 Å². The third kappa shape index (κ3) is 1.41. The van der Waals surface area contributed by atoms with E-state index in [-0.39, 0.29) is 6.61 Å². The van der Waals surface area contributed by atoms with Crippen LogP contribution in [0.25, 0.3) is 0 Å². The smallest absolute Gasteiger partial charge is 0.132 e. The molecule has 2 N–H and O–H groups in total. The number of aromatic nitrogens is 2. The van der Waals surface area contributed by atoms with E-state index in [0.29, 0.717) is 5.41 Å². The van der Waals surface area contributed by atoms with Gasteiger partial charge in [0.2, 0.25) is 0 Å². The molecular formula is C14H20N2O. The Morgan fingerprint density at radius 2 is 1.76 bits per heavy atom. The third-order valence-corrected chi connectivity index (χ3v) is 5.39. The molecule has 4 aliphatic carbocycles. The number of nitrogens with one attached hydrogen (secondary N) is 1. The van der Waals surface area contributed by atoms with Gasteiger partial charge in [-0.1, -0.05) is 0 Å². The van der Waals surface area contributed by atoms with Gasteiger partial charge >= 0.3 is 0 Å². The van der Waals surface area contributed by atoms with Gasteiger partial charge < -0.3 is 10.1 Å². The van der Waals surface area contributed by atoms with Crippen molar-refractivity contribution in [2.24, 2.45) is 17.8 Å². The average molecular weight is 232 g/mol. The van der Waals surface area contributed by atoms with Gasteiger partial charge in [-0.15, -0.1) is 0 Å². The summed E-state index contributed by atoms with van der Waals surface area (Å²) in [5, 5.41) is 9.14. The van der Waals surface area contributed by atoms with Gasteiger partial charge in [0, 0.05) is 17.3 Å². The van der Waals surface area contributed by atoms with Crippen LogP contribution in [-0.4, -0.2) is 15.1 Å². The van der Waals surface area contributed by atoms with Crippen molar-refractivity contribution in [3.8, 4) is 0 Å². The van der Waals surface area contributed by atoms with Gasteiger partial charge in [0.1, 0.15) is 12.4 Å². The molecule has 4 aliphatic rings. The molecule has 3 nitrogen and oxygen atoms in total. The number of hydrogen-bond acceptors (Lipinski definition) is 2. The van der Waals surface area contributed by atoms with Crippen molar-refractivity contribution in [3.63, 3.8) is 0 Å². The van der Waals surface area contributed by atoms with E-state index in [1.165, 1.54) is 44.2 Å². The average Bonchev–Trinajstić information content (AvgIpc) is 2.76. The minimum atomic E-state index is 0.0341. The molecule has 1 aromatic heterocycles. The molecule has 4 fully saturated rings. The SMILES string of the molecule is OCc1ncc(C23CC4CC(CC(C4)C2)C3)[nH]1. The molecule has 1 aromatic rings. The minimum absolute atomic E-state index is 0.0341. The van der Waals surface area contributed by atoms with Gasteiger partial charge in [-0.05, 0) is 56.3 Å². The fourth-order valence-corrected chi connectivity index (χ4v) is 5.15. The molecule has 3 heteroatoms. The van der Waals surface area contributed by atoms with Crippen LogP contribution in [0.2, 0.25) is 0 Å². The van der Waals surface area contributed by atoms with Crippen molar-refractivity contribution in [1.29, 1.82) is 0 Å². The van der Waals surface area contributed by atoms with E-state index < -0.39 is 0 Å². The van der Waals surface area contributed by atoms with E-state index in [1.54, 1.807) is 0 Å². The Kier molecular flexibility index (Phi) is 1.99. The van der Waals surface area contributed by atoms with Crippen molar-refractivity contribution in [2.75, 3.05) is 0 Å². The summed E-state index contributed by atoms with van der Waals surface area (Å²) in [5.74, 6) is 3.61. The highest BCUT2D eigenvalue weighted by Gasteiger charge is 2.52. The van der Waals surface area contributed by atoms with Crippen LogP contribution in [0, 0.1) is 17.8 Å². The van der Waals surface area contributed by atoms with Crippen LogP contribution in [0.3, 0.4) is 0 Å². The Labute approximate surface area is 102 Å². The normalized spacial score (nSPS) is 43.2. The predicted molar refractivity (Wildman–Crippen MR) is 64.4 cm³/mol. The number of aliphatic hydroxyl groups excluding tert-OH is 1. The van der Waals surface area contributed by atoms with E-state index in [9.17, 15) is 0 Å². The summed E-state index contributed by atoms with van der Waals surface area (Å²) >= 11 is 0. The van der Waals surface area contributed by atoms with E-state index in [1.807, 2.05) is 6.20 Å². The van der Waals surface area contributed by atoms with Crippen LogP contribution in [0.15, 0.2) is 6.20 Å². The fraction of sp³-hybridized carbons (Fsp3) is 0.786. The Hall–Kier alpha value is -0.830. The molecule has 0 atom stereocenters. The van der Waals surface area contributed by atoms with Crippen molar-refractivity contribution in [2.45, 2.75) is 50.5 Å². The standard InChI is InChI=1S/C14H20N2O/c17-8-13-15-7-12(16-13)14-4-9-1-10(5-14)3-11(2-9)6-14/h7,9-11,17H,1-6,8H2,(H,15,16). The van der Waals surface area contributed by atoms with Gasteiger partial charge in [0.05, 0.1) is 0 Å². The number of H-pyrrole nitrogens is 1. The van der Waals surface area contributed by atoms with Crippen LogP contribution >= 0.6 is 0 Å². The van der Waals surface area contributed by atoms with Gasteiger partial charge in [-0.3, -0.25) is 0 Å². The van der Waals surface area contributed by atoms with Crippen molar-refractivity contribution < 1.29 is 5.11 Å². The lowest BCUT2D eigenvalue weighted by atomic mass is 9.49. The van der Waals surface area contributed by atoms with E-state index >= 15 is 0 Å². The highest BCUT2D eigenvalue weighted by molar-refractivity contribution is 5.21. The molecule has 0 aliphatic heterocycles. The maximum absolute atomic E-state index is 9.14. The maximum Gasteiger partial charge on any atom is 0.132 e. The molecule has 0 amide bonds. The first-order valence-electron chi connectivity index (χ1n) is 6.93.